The summed E-state index contributed by atoms with van der Waals surface area (Å²) in [7, 11) is -1.09. The fraction of sp³-hybridized carbons (Fsp3) is 0.250. The first-order valence-corrected chi connectivity index (χ1v) is 14.6. The zero-order chi connectivity index (χ0) is 28.0. The largest absolute Gasteiger partial charge is 0.497 e. The van der Waals surface area contributed by atoms with Crippen molar-refractivity contribution >= 4 is 49.1 Å². The van der Waals surface area contributed by atoms with E-state index < -0.39 is 21.9 Å². The van der Waals surface area contributed by atoms with Crippen LogP contribution in [0.3, 0.4) is 0 Å². The molecule has 9 nitrogen and oxygen atoms in total. The number of fused-ring (bicyclic) bond motifs is 1. The number of rotatable bonds is 10. The lowest BCUT2D eigenvalue weighted by atomic mass is 10.1. The summed E-state index contributed by atoms with van der Waals surface area (Å²) in [6, 6.07) is 18.1. The molecule has 0 aliphatic heterocycles. The average molecular weight is 568 g/mol. The smallest absolute Gasteiger partial charge is 0.325 e. The van der Waals surface area contributed by atoms with Gasteiger partial charge in [-0.1, -0.05) is 36.8 Å². The van der Waals surface area contributed by atoms with Gasteiger partial charge in [-0.05, 0) is 73.0 Å². The van der Waals surface area contributed by atoms with Gasteiger partial charge in [0.2, 0.25) is 0 Å². The van der Waals surface area contributed by atoms with Crippen molar-refractivity contribution in [3.8, 4) is 5.75 Å². The SMILES string of the molecule is CCCCc1ccc2c(c1)sc(=NC(=O)c1cccc(NS(=O)(=O)c3ccc(OC)cc3)c1)n2CC(=O)OC. The zero-order valence-electron chi connectivity index (χ0n) is 21.8. The van der Waals surface area contributed by atoms with Crippen LogP contribution in [0.1, 0.15) is 35.7 Å². The van der Waals surface area contributed by atoms with E-state index in [0.717, 1.165) is 29.5 Å². The van der Waals surface area contributed by atoms with Crippen molar-refractivity contribution in [2.45, 2.75) is 37.6 Å². The molecule has 0 aliphatic rings. The number of nitrogens with one attached hydrogen (secondary N) is 1. The Labute approximate surface area is 230 Å². The van der Waals surface area contributed by atoms with E-state index in [1.807, 2.05) is 12.1 Å². The number of methoxy groups -OCH3 is 2. The Hall–Kier alpha value is -3.96. The van der Waals surface area contributed by atoms with Crippen molar-refractivity contribution in [1.29, 1.82) is 0 Å². The summed E-state index contributed by atoms with van der Waals surface area (Å²) < 4.78 is 40.7. The monoisotopic (exact) mass is 567 g/mol. The number of unbranched alkanes of at least 4 members (excludes halogenated alkanes) is 1. The van der Waals surface area contributed by atoms with Crippen molar-refractivity contribution < 1.29 is 27.5 Å². The van der Waals surface area contributed by atoms with E-state index in [-0.39, 0.29) is 22.7 Å². The molecule has 0 unspecified atom stereocenters. The molecule has 0 radical (unpaired) electrons. The number of benzene rings is 3. The van der Waals surface area contributed by atoms with Crippen LogP contribution in [0, 0.1) is 0 Å². The Morgan fingerprint density at radius 3 is 2.49 bits per heavy atom. The predicted octanol–water partition coefficient (Wildman–Crippen LogP) is 4.77. The summed E-state index contributed by atoms with van der Waals surface area (Å²) in [6.45, 7) is 2.04. The molecule has 1 amide bonds. The molecule has 0 saturated heterocycles. The van der Waals surface area contributed by atoms with Gasteiger partial charge in [0.25, 0.3) is 15.9 Å². The van der Waals surface area contributed by atoms with E-state index in [4.69, 9.17) is 9.47 Å². The number of sulfonamides is 1. The van der Waals surface area contributed by atoms with Crippen LogP contribution >= 0.6 is 11.3 Å². The van der Waals surface area contributed by atoms with Crippen LogP contribution in [0.25, 0.3) is 10.2 Å². The number of carbonyl (C=O) groups is 2. The second-order valence-corrected chi connectivity index (χ2v) is 11.4. The third kappa shape index (κ3) is 6.73. The molecule has 0 atom stereocenters. The molecule has 0 fully saturated rings. The molecule has 4 aromatic rings. The Kier molecular flexibility index (Phi) is 8.82. The maximum absolute atomic E-state index is 13.2. The van der Waals surface area contributed by atoms with Crippen molar-refractivity contribution in [2.24, 2.45) is 4.99 Å². The lowest BCUT2D eigenvalue weighted by Gasteiger charge is -2.09. The zero-order valence-corrected chi connectivity index (χ0v) is 23.5. The molecule has 11 heteroatoms. The lowest BCUT2D eigenvalue weighted by molar-refractivity contribution is -0.141. The van der Waals surface area contributed by atoms with Gasteiger partial charge in [0.15, 0.2) is 4.80 Å². The number of ether oxygens (including phenoxy) is 2. The minimum Gasteiger partial charge on any atom is -0.497 e. The second-order valence-electron chi connectivity index (χ2n) is 8.73. The molecule has 0 spiro atoms. The highest BCUT2D eigenvalue weighted by atomic mass is 32.2. The van der Waals surface area contributed by atoms with E-state index in [9.17, 15) is 18.0 Å². The fourth-order valence-corrected chi connectivity index (χ4v) is 6.06. The highest BCUT2D eigenvalue weighted by molar-refractivity contribution is 7.92. The minimum absolute atomic E-state index is 0.0529. The fourth-order valence-electron chi connectivity index (χ4n) is 3.92. The third-order valence-electron chi connectivity index (χ3n) is 6.01. The van der Waals surface area contributed by atoms with Crippen LogP contribution in [-0.2, 0) is 32.5 Å². The topological polar surface area (TPSA) is 116 Å². The maximum Gasteiger partial charge on any atom is 0.325 e. The number of aryl methyl sites for hydroxylation is 1. The van der Waals surface area contributed by atoms with Gasteiger partial charge >= 0.3 is 5.97 Å². The molecule has 0 saturated carbocycles. The number of esters is 1. The predicted molar refractivity (Wildman–Crippen MR) is 151 cm³/mol. The van der Waals surface area contributed by atoms with Gasteiger partial charge in [-0.3, -0.25) is 14.3 Å². The van der Waals surface area contributed by atoms with Crippen LogP contribution in [0.5, 0.6) is 5.75 Å². The first-order chi connectivity index (χ1) is 18.7. The molecule has 1 heterocycles. The van der Waals surface area contributed by atoms with Crippen molar-refractivity contribution in [3.63, 3.8) is 0 Å². The van der Waals surface area contributed by atoms with E-state index in [2.05, 4.69) is 22.7 Å². The Morgan fingerprint density at radius 1 is 1.03 bits per heavy atom. The highest BCUT2D eigenvalue weighted by Gasteiger charge is 2.17. The number of nitrogens with zero attached hydrogens (tertiary/aromatic N) is 2. The van der Waals surface area contributed by atoms with Gasteiger partial charge in [0.1, 0.15) is 12.3 Å². The lowest BCUT2D eigenvalue weighted by Crippen LogP contribution is -2.22. The second kappa shape index (κ2) is 12.3. The third-order valence-corrected chi connectivity index (χ3v) is 8.45. The van der Waals surface area contributed by atoms with E-state index in [1.54, 1.807) is 34.9 Å². The number of hydrogen-bond donors (Lipinski definition) is 1. The highest BCUT2D eigenvalue weighted by Crippen LogP contribution is 2.22. The quantitative estimate of drug-likeness (QED) is 0.276. The van der Waals surface area contributed by atoms with Crippen LogP contribution in [-0.4, -0.2) is 39.1 Å². The van der Waals surface area contributed by atoms with Gasteiger partial charge in [0.05, 0.1) is 29.3 Å². The summed E-state index contributed by atoms with van der Waals surface area (Å²) in [6.07, 6.45) is 3.08. The van der Waals surface area contributed by atoms with Crippen molar-refractivity contribution in [2.75, 3.05) is 18.9 Å². The number of anilines is 1. The van der Waals surface area contributed by atoms with Crippen LogP contribution in [0.4, 0.5) is 5.69 Å². The van der Waals surface area contributed by atoms with Gasteiger partial charge in [-0.15, -0.1) is 0 Å². The molecule has 1 aromatic heterocycles. The van der Waals surface area contributed by atoms with E-state index >= 15 is 0 Å². The molecule has 1 N–H and O–H groups in total. The van der Waals surface area contributed by atoms with Crippen LogP contribution in [0.2, 0.25) is 0 Å². The first kappa shape index (κ1) is 28.1. The number of hydrogen-bond acceptors (Lipinski definition) is 7. The van der Waals surface area contributed by atoms with Gasteiger partial charge in [0, 0.05) is 11.3 Å². The van der Waals surface area contributed by atoms with E-state index in [0.29, 0.717) is 10.6 Å². The molecular weight excluding hydrogens is 538 g/mol. The Balaban J connectivity index is 1.66. The Bertz CT molecular complexity index is 1670. The molecule has 3 aromatic carbocycles. The maximum atomic E-state index is 13.2. The molecular formula is C28H29N3O6S2. The summed E-state index contributed by atoms with van der Waals surface area (Å²) in [5.74, 6) is -0.503. The Morgan fingerprint density at radius 2 is 1.79 bits per heavy atom. The summed E-state index contributed by atoms with van der Waals surface area (Å²) in [4.78, 5) is 30.0. The average Bonchev–Trinajstić information content (AvgIpc) is 3.27. The molecule has 39 heavy (non-hydrogen) atoms. The van der Waals surface area contributed by atoms with Gasteiger partial charge in [-0.25, -0.2) is 8.42 Å². The summed E-state index contributed by atoms with van der Waals surface area (Å²) >= 11 is 1.31. The normalized spacial score (nSPS) is 11.9. The molecule has 204 valence electrons. The number of aromatic nitrogens is 1. The van der Waals surface area contributed by atoms with Crippen molar-refractivity contribution in [1.82, 2.24) is 4.57 Å². The van der Waals surface area contributed by atoms with Crippen molar-refractivity contribution in [3.05, 3.63) is 82.7 Å². The van der Waals surface area contributed by atoms with Crippen LogP contribution in [0.15, 0.2) is 76.6 Å². The first-order valence-electron chi connectivity index (χ1n) is 12.3. The molecule has 4 rings (SSSR count). The van der Waals surface area contributed by atoms with Gasteiger partial charge < -0.3 is 14.0 Å². The number of carbonyl (C=O) groups excluding carboxylic acids is 2. The summed E-state index contributed by atoms with van der Waals surface area (Å²) in [5.41, 5.74) is 2.35. The molecule has 0 aliphatic carbocycles. The van der Waals surface area contributed by atoms with Gasteiger partial charge in [-0.2, -0.15) is 4.99 Å². The van der Waals surface area contributed by atoms with E-state index in [1.165, 1.54) is 49.3 Å². The molecule has 0 bridgehead atoms. The number of thiazole rings is 1. The standard InChI is InChI=1S/C28H29N3O6S2/c1-4-5-7-19-10-15-24-25(16-19)38-28(31(24)18-26(32)37-3)29-27(33)20-8-6-9-21(17-20)30-39(34,35)23-13-11-22(36-2)12-14-23/h6,8-17,30H,4-5,7,18H2,1-3H3. The number of amides is 1. The minimum atomic E-state index is -3.89. The van der Waals surface area contributed by atoms with Crippen LogP contribution < -0.4 is 14.3 Å². The summed E-state index contributed by atoms with van der Waals surface area (Å²) in [5, 5.41) is 0.